The van der Waals surface area contributed by atoms with Crippen molar-refractivity contribution in [3.05, 3.63) is 47.2 Å². The van der Waals surface area contributed by atoms with E-state index in [4.69, 9.17) is 11.6 Å². The van der Waals surface area contributed by atoms with Crippen molar-refractivity contribution in [2.24, 2.45) is 0 Å². The molecule has 2 aromatic rings. The Labute approximate surface area is 129 Å². The molecule has 0 saturated carbocycles. The standard InChI is InChI=1S/C16H18ClN3O/c17-14-4-6-15(7-5-14)20-11-13(10-18-20)16(21)12-19-8-2-1-3-9-19/h4-7,10-11H,1-3,8-9,12H2. The van der Waals surface area contributed by atoms with Crippen molar-refractivity contribution < 1.29 is 4.79 Å². The molecule has 0 amide bonds. The second-order valence-corrected chi connectivity index (χ2v) is 5.85. The molecule has 0 atom stereocenters. The van der Waals surface area contributed by atoms with Crippen LogP contribution in [0.5, 0.6) is 0 Å². The van der Waals surface area contributed by atoms with Gasteiger partial charge in [0, 0.05) is 11.2 Å². The zero-order valence-electron chi connectivity index (χ0n) is 11.8. The summed E-state index contributed by atoms with van der Waals surface area (Å²) < 4.78 is 1.71. The number of Topliss-reactive ketones (excluding diaryl/α,β-unsaturated/α-hetero) is 1. The van der Waals surface area contributed by atoms with Gasteiger partial charge in [0.1, 0.15) is 0 Å². The molecule has 1 aromatic carbocycles. The largest absolute Gasteiger partial charge is 0.296 e. The molecule has 0 bridgehead atoms. The molecule has 1 aliphatic heterocycles. The molecule has 1 aromatic heterocycles. The van der Waals surface area contributed by atoms with Gasteiger partial charge in [0.25, 0.3) is 0 Å². The average molecular weight is 304 g/mol. The number of aromatic nitrogens is 2. The van der Waals surface area contributed by atoms with Gasteiger partial charge in [-0.1, -0.05) is 18.0 Å². The zero-order valence-corrected chi connectivity index (χ0v) is 12.6. The van der Waals surface area contributed by atoms with Crippen molar-refractivity contribution in [2.75, 3.05) is 19.6 Å². The van der Waals surface area contributed by atoms with Crippen LogP contribution in [0.15, 0.2) is 36.7 Å². The number of hydrogen-bond acceptors (Lipinski definition) is 3. The highest BCUT2D eigenvalue weighted by Gasteiger charge is 2.16. The highest BCUT2D eigenvalue weighted by atomic mass is 35.5. The second-order valence-electron chi connectivity index (χ2n) is 5.41. The van der Waals surface area contributed by atoms with Crippen LogP contribution in [0.2, 0.25) is 5.02 Å². The minimum atomic E-state index is 0.136. The fourth-order valence-electron chi connectivity index (χ4n) is 2.61. The summed E-state index contributed by atoms with van der Waals surface area (Å²) in [5, 5.41) is 4.95. The molecule has 1 saturated heterocycles. The van der Waals surface area contributed by atoms with Gasteiger partial charge in [-0.2, -0.15) is 5.10 Å². The Bertz CT molecular complexity index is 615. The van der Waals surface area contributed by atoms with E-state index in [0.29, 0.717) is 17.1 Å². The zero-order chi connectivity index (χ0) is 14.7. The lowest BCUT2D eigenvalue weighted by molar-refractivity contribution is 0.0915. The monoisotopic (exact) mass is 303 g/mol. The highest BCUT2D eigenvalue weighted by Crippen LogP contribution is 2.14. The Kier molecular flexibility index (Phi) is 4.36. The van der Waals surface area contributed by atoms with E-state index in [9.17, 15) is 4.79 Å². The van der Waals surface area contributed by atoms with Crippen molar-refractivity contribution in [1.82, 2.24) is 14.7 Å². The maximum absolute atomic E-state index is 12.3. The molecule has 110 valence electrons. The molecule has 21 heavy (non-hydrogen) atoms. The SMILES string of the molecule is O=C(CN1CCCCC1)c1cnn(-c2ccc(Cl)cc2)c1. The summed E-state index contributed by atoms with van der Waals surface area (Å²) in [6.07, 6.45) is 7.09. The number of carbonyl (C=O) groups excluding carboxylic acids is 1. The number of carbonyl (C=O) groups is 1. The van der Waals surface area contributed by atoms with Gasteiger partial charge in [0.2, 0.25) is 0 Å². The topological polar surface area (TPSA) is 38.1 Å². The maximum Gasteiger partial charge on any atom is 0.179 e. The van der Waals surface area contributed by atoms with Crippen LogP contribution in [0.25, 0.3) is 5.69 Å². The Morgan fingerprint density at radius 2 is 1.86 bits per heavy atom. The predicted octanol–water partition coefficient (Wildman–Crippen LogP) is 3.19. The minimum absolute atomic E-state index is 0.136. The molecule has 0 radical (unpaired) electrons. The lowest BCUT2D eigenvalue weighted by Crippen LogP contribution is -2.34. The number of hydrogen-bond donors (Lipinski definition) is 0. The normalized spacial score (nSPS) is 16.0. The third kappa shape index (κ3) is 3.52. The molecule has 0 aliphatic carbocycles. The fraction of sp³-hybridized carbons (Fsp3) is 0.375. The Hall–Kier alpha value is -1.65. The molecule has 0 N–H and O–H groups in total. The third-order valence-electron chi connectivity index (χ3n) is 3.81. The fourth-order valence-corrected chi connectivity index (χ4v) is 2.74. The summed E-state index contributed by atoms with van der Waals surface area (Å²) in [6, 6.07) is 7.39. The van der Waals surface area contributed by atoms with Crippen molar-refractivity contribution in [1.29, 1.82) is 0 Å². The molecule has 0 unspecified atom stereocenters. The summed E-state index contributed by atoms with van der Waals surface area (Å²) >= 11 is 5.87. The Morgan fingerprint density at radius 1 is 1.14 bits per heavy atom. The van der Waals surface area contributed by atoms with Crippen molar-refractivity contribution in [3.8, 4) is 5.69 Å². The van der Waals surface area contributed by atoms with Crippen molar-refractivity contribution >= 4 is 17.4 Å². The molecule has 3 rings (SSSR count). The highest BCUT2D eigenvalue weighted by molar-refractivity contribution is 6.30. The van der Waals surface area contributed by atoms with E-state index < -0.39 is 0 Å². The van der Waals surface area contributed by atoms with Gasteiger partial charge in [0.05, 0.1) is 24.0 Å². The first-order chi connectivity index (χ1) is 10.2. The van der Waals surface area contributed by atoms with Gasteiger partial charge < -0.3 is 0 Å². The molecule has 1 fully saturated rings. The number of piperidine rings is 1. The van der Waals surface area contributed by atoms with Crippen molar-refractivity contribution in [3.63, 3.8) is 0 Å². The van der Waals surface area contributed by atoms with E-state index in [-0.39, 0.29) is 5.78 Å². The van der Waals surface area contributed by atoms with Crippen LogP contribution >= 0.6 is 11.6 Å². The lowest BCUT2D eigenvalue weighted by Gasteiger charge is -2.25. The smallest absolute Gasteiger partial charge is 0.179 e. The number of rotatable bonds is 4. The number of halogens is 1. The van der Waals surface area contributed by atoms with Crippen LogP contribution in [0.4, 0.5) is 0 Å². The first kappa shape index (κ1) is 14.3. The summed E-state index contributed by atoms with van der Waals surface area (Å²) in [4.78, 5) is 14.5. The quantitative estimate of drug-likeness (QED) is 0.814. The lowest BCUT2D eigenvalue weighted by atomic mass is 10.1. The van der Waals surface area contributed by atoms with E-state index in [1.54, 1.807) is 17.1 Å². The Balaban J connectivity index is 1.69. The van der Waals surface area contributed by atoms with Crippen LogP contribution in [-0.4, -0.2) is 40.1 Å². The van der Waals surface area contributed by atoms with Gasteiger partial charge in [0.15, 0.2) is 5.78 Å². The van der Waals surface area contributed by atoms with Gasteiger partial charge in [-0.3, -0.25) is 9.69 Å². The first-order valence-electron chi connectivity index (χ1n) is 7.28. The summed E-state index contributed by atoms with van der Waals surface area (Å²) in [5.74, 6) is 0.136. The predicted molar refractivity (Wildman–Crippen MR) is 83.2 cm³/mol. The number of ketones is 1. The van der Waals surface area contributed by atoms with Crippen LogP contribution in [0, 0.1) is 0 Å². The van der Waals surface area contributed by atoms with Gasteiger partial charge >= 0.3 is 0 Å². The Morgan fingerprint density at radius 3 is 2.57 bits per heavy atom. The van der Waals surface area contributed by atoms with Crippen LogP contribution in [-0.2, 0) is 0 Å². The molecule has 2 heterocycles. The van der Waals surface area contributed by atoms with E-state index in [1.165, 1.54) is 19.3 Å². The van der Waals surface area contributed by atoms with E-state index in [0.717, 1.165) is 18.8 Å². The number of benzene rings is 1. The van der Waals surface area contributed by atoms with E-state index in [2.05, 4.69) is 10.00 Å². The summed E-state index contributed by atoms with van der Waals surface area (Å²) in [7, 11) is 0. The summed E-state index contributed by atoms with van der Waals surface area (Å²) in [6.45, 7) is 2.54. The van der Waals surface area contributed by atoms with Crippen molar-refractivity contribution in [2.45, 2.75) is 19.3 Å². The van der Waals surface area contributed by atoms with Gasteiger partial charge in [-0.05, 0) is 50.2 Å². The summed E-state index contributed by atoms with van der Waals surface area (Å²) in [5.41, 5.74) is 1.56. The van der Waals surface area contributed by atoms with E-state index >= 15 is 0 Å². The van der Waals surface area contributed by atoms with Crippen LogP contribution in [0.3, 0.4) is 0 Å². The van der Waals surface area contributed by atoms with Crippen LogP contribution in [0.1, 0.15) is 29.6 Å². The molecule has 1 aliphatic rings. The average Bonchev–Trinajstić information content (AvgIpc) is 2.99. The van der Waals surface area contributed by atoms with Gasteiger partial charge in [-0.15, -0.1) is 0 Å². The molecule has 5 heteroatoms. The third-order valence-corrected chi connectivity index (χ3v) is 4.06. The number of likely N-dealkylation sites (tertiary alicyclic amines) is 1. The second kappa shape index (κ2) is 6.41. The van der Waals surface area contributed by atoms with E-state index in [1.807, 2.05) is 24.3 Å². The number of nitrogens with zero attached hydrogens (tertiary/aromatic N) is 3. The van der Waals surface area contributed by atoms with Crippen LogP contribution < -0.4 is 0 Å². The molecular weight excluding hydrogens is 286 g/mol. The molecular formula is C16H18ClN3O. The van der Waals surface area contributed by atoms with Gasteiger partial charge in [-0.25, -0.2) is 4.68 Å². The molecule has 4 nitrogen and oxygen atoms in total. The molecule has 0 spiro atoms. The maximum atomic E-state index is 12.3. The first-order valence-corrected chi connectivity index (χ1v) is 7.66. The minimum Gasteiger partial charge on any atom is -0.296 e.